The molecular formula is C9H16O3. The Hall–Kier alpha value is -1.09. The Morgan fingerprint density at radius 1 is 1.42 bits per heavy atom. The zero-order valence-corrected chi connectivity index (χ0v) is 7.53. The summed E-state index contributed by atoms with van der Waals surface area (Å²) in [5.74, 6) is -0.745. The monoisotopic (exact) mass is 172 g/mol. The van der Waals surface area contributed by atoms with Gasteiger partial charge in [-0.25, -0.2) is 0 Å². The van der Waals surface area contributed by atoms with Crippen LogP contribution in [0.1, 0.15) is 20.3 Å². The summed E-state index contributed by atoms with van der Waals surface area (Å²) in [5, 5.41) is 15.9. The first-order valence-corrected chi connectivity index (χ1v) is 3.79. The van der Waals surface area contributed by atoms with Gasteiger partial charge in [-0.05, 0) is 6.92 Å². The topological polar surface area (TPSA) is 57.5 Å². The van der Waals surface area contributed by atoms with Gasteiger partial charge < -0.3 is 10.2 Å². The Morgan fingerprint density at radius 2 is 1.92 bits per heavy atom. The number of rotatable bonds is 3. The zero-order chi connectivity index (χ0) is 9.82. The molecule has 0 saturated heterocycles. The third-order valence-electron chi connectivity index (χ3n) is 0.848. The second-order valence-electron chi connectivity index (χ2n) is 1.88. The molecule has 0 saturated carbocycles. The molecule has 0 aliphatic carbocycles. The van der Waals surface area contributed by atoms with Crippen molar-refractivity contribution >= 4 is 5.97 Å². The molecule has 2 N–H and O–H groups in total. The van der Waals surface area contributed by atoms with E-state index in [-0.39, 0.29) is 13.0 Å². The maximum Gasteiger partial charge on any atom is 0.303 e. The first kappa shape index (κ1) is 13.5. The second-order valence-corrected chi connectivity index (χ2v) is 1.88. The van der Waals surface area contributed by atoms with Crippen LogP contribution in [0.2, 0.25) is 0 Å². The molecule has 0 aromatic carbocycles. The van der Waals surface area contributed by atoms with Crippen LogP contribution in [0.15, 0.2) is 24.3 Å². The first-order valence-electron chi connectivity index (χ1n) is 3.79. The number of hydrogen-bond acceptors (Lipinski definition) is 2. The molecule has 0 fully saturated rings. The quantitative estimate of drug-likeness (QED) is 0.635. The van der Waals surface area contributed by atoms with E-state index in [0.717, 1.165) is 0 Å². The molecule has 0 unspecified atom stereocenters. The second kappa shape index (κ2) is 12.6. The summed E-state index contributed by atoms with van der Waals surface area (Å²) in [6.07, 6.45) is 7.49. The molecule has 0 aromatic rings. The highest BCUT2D eigenvalue weighted by atomic mass is 16.4. The summed E-state index contributed by atoms with van der Waals surface area (Å²) in [4.78, 5) is 9.37. The van der Waals surface area contributed by atoms with Crippen molar-refractivity contribution < 1.29 is 15.0 Å². The minimum absolute atomic E-state index is 0.129. The van der Waals surface area contributed by atoms with Crippen LogP contribution in [0.5, 0.6) is 0 Å². The minimum atomic E-state index is -0.745. The normalized spacial score (nSPS) is 9.92. The Kier molecular flexibility index (Phi) is 14.1. The van der Waals surface area contributed by atoms with E-state index in [4.69, 9.17) is 10.2 Å². The van der Waals surface area contributed by atoms with Crippen LogP contribution < -0.4 is 0 Å². The van der Waals surface area contributed by atoms with Crippen molar-refractivity contribution in [1.82, 2.24) is 0 Å². The van der Waals surface area contributed by atoms with Gasteiger partial charge >= 0.3 is 5.97 Å². The van der Waals surface area contributed by atoms with Gasteiger partial charge in [0.2, 0.25) is 0 Å². The van der Waals surface area contributed by atoms with Crippen molar-refractivity contribution in [1.29, 1.82) is 0 Å². The van der Waals surface area contributed by atoms with Gasteiger partial charge in [0, 0.05) is 6.42 Å². The highest BCUT2D eigenvalue weighted by Crippen LogP contribution is 1.72. The van der Waals surface area contributed by atoms with E-state index in [9.17, 15) is 4.79 Å². The summed E-state index contributed by atoms with van der Waals surface area (Å²) >= 11 is 0. The molecule has 0 radical (unpaired) electrons. The molecule has 0 heterocycles. The lowest BCUT2D eigenvalue weighted by atomic mass is 10.4. The SMILES string of the molecule is CC=CC=CCO.CCC(=O)O. The molecule has 0 aliphatic heterocycles. The van der Waals surface area contributed by atoms with Crippen molar-refractivity contribution in [2.24, 2.45) is 0 Å². The summed E-state index contributed by atoms with van der Waals surface area (Å²) in [7, 11) is 0. The molecule has 0 spiro atoms. The lowest BCUT2D eigenvalue weighted by Crippen LogP contribution is -1.86. The summed E-state index contributed by atoms with van der Waals surface area (Å²) < 4.78 is 0. The molecule has 0 bridgehead atoms. The van der Waals surface area contributed by atoms with Gasteiger partial charge in [0.15, 0.2) is 0 Å². The molecule has 70 valence electrons. The number of carbonyl (C=O) groups is 1. The van der Waals surface area contributed by atoms with Crippen LogP contribution >= 0.6 is 0 Å². The van der Waals surface area contributed by atoms with Gasteiger partial charge in [-0.2, -0.15) is 0 Å². The Labute approximate surface area is 73.0 Å². The van der Waals surface area contributed by atoms with E-state index in [2.05, 4.69) is 0 Å². The third kappa shape index (κ3) is 23.1. The average molecular weight is 172 g/mol. The number of carboxylic acid groups (broad SMARTS) is 1. The Morgan fingerprint density at radius 3 is 2.17 bits per heavy atom. The number of aliphatic hydroxyl groups is 1. The van der Waals surface area contributed by atoms with E-state index in [1.54, 1.807) is 19.1 Å². The maximum absolute atomic E-state index is 9.37. The fraction of sp³-hybridized carbons (Fsp3) is 0.444. The number of allylic oxidation sites excluding steroid dienone is 3. The van der Waals surface area contributed by atoms with E-state index in [0.29, 0.717) is 0 Å². The summed E-state index contributed by atoms with van der Waals surface area (Å²) in [6.45, 7) is 3.66. The van der Waals surface area contributed by atoms with E-state index in [1.165, 1.54) is 0 Å². The van der Waals surface area contributed by atoms with Crippen molar-refractivity contribution in [3.63, 3.8) is 0 Å². The van der Waals surface area contributed by atoms with Crippen molar-refractivity contribution in [3.8, 4) is 0 Å². The predicted octanol–water partition coefficient (Wildman–Crippen LogP) is 1.59. The van der Waals surface area contributed by atoms with Gasteiger partial charge in [-0.1, -0.05) is 31.2 Å². The largest absolute Gasteiger partial charge is 0.481 e. The maximum atomic E-state index is 9.37. The van der Waals surface area contributed by atoms with Crippen LogP contribution in [0, 0.1) is 0 Å². The molecular weight excluding hydrogens is 156 g/mol. The smallest absolute Gasteiger partial charge is 0.303 e. The molecule has 12 heavy (non-hydrogen) atoms. The molecule has 0 aromatic heterocycles. The third-order valence-corrected chi connectivity index (χ3v) is 0.848. The van der Waals surface area contributed by atoms with Crippen molar-refractivity contribution in [2.45, 2.75) is 20.3 Å². The molecule has 3 heteroatoms. The van der Waals surface area contributed by atoms with Crippen LogP contribution in [-0.2, 0) is 4.79 Å². The van der Waals surface area contributed by atoms with E-state index in [1.807, 2.05) is 19.1 Å². The number of carboxylic acids is 1. The molecule has 0 rings (SSSR count). The van der Waals surface area contributed by atoms with Crippen molar-refractivity contribution in [3.05, 3.63) is 24.3 Å². The van der Waals surface area contributed by atoms with Crippen molar-refractivity contribution in [2.75, 3.05) is 6.61 Å². The highest BCUT2D eigenvalue weighted by molar-refractivity contribution is 5.66. The number of aliphatic hydroxyl groups excluding tert-OH is 1. The molecule has 0 atom stereocenters. The number of aliphatic carboxylic acids is 1. The zero-order valence-electron chi connectivity index (χ0n) is 7.53. The number of hydrogen-bond donors (Lipinski definition) is 2. The van der Waals surface area contributed by atoms with Gasteiger partial charge in [-0.15, -0.1) is 0 Å². The van der Waals surface area contributed by atoms with Gasteiger partial charge in [0.05, 0.1) is 6.61 Å². The Balaban J connectivity index is 0. The van der Waals surface area contributed by atoms with E-state index >= 15 is 0 Å². The standard InChI is InChI=1S/C6H10O.C3H6O2/c1-2-3-4-5-6-7;1-2-3(4)5/h2-5,7H,6H2,1H3;2H2,1H3,(H,4,5). The summed E-state index contributed by atoms with van der Waals surface area (Å²) in [5.41, 5.74) is 0. The average Bonchev–Trinajstić information content (AvgIpc) is 2.07. The lowest BCUT2D eigenvalue weighted by molar-refractivity contribution is -0.136. The lowest BCUT2D eigenvalue weighted by Gasteiger charge is -1.71. The fourth-order valence-corrected chi connectivity index (χ4v) is 0.251. The van der Waals surface area contributed by atoms with Crippen LogP contribution in [0.25, 0.3) is 0 Å². The van der Waals surface area contributed by atoms with Crippen LogP contribution in [-0.4, -0.2) is 22.8 Å². The van der Waals surface area contributed by atoms with Gasteiger partial charge in [-0.3, -0.25) is 4.79 Å². The minimum Gasteiger partial charge on any atom is -0.481 e. The van der Waals surface area contributed by atoms with Gasteiger partial charge in [0.1, 0.15) is 0 Å². The molecule has 3 nitrogen and oxygen atoms in total. The fourth-order valence-electron chi connectivity index (χ4n) is 0.251. The first-order chi connectivity index (χ1) is 5.68. The van der Waals surface area contributed by atoms with Gasteiger partial charge in [0.25, 0.3) is 0 Å². The van der Waals surface area contributed by atoms with Crippen LogP contribution in [0.3, 0.4) is 0 Å². The molecule has 0 aliphatic rings. The molecule has 0 amide bonds. The Bertz CT molecular complexity index is 148. The predicted molar refractivity (Wildman–Crippen MR) is 49.0 cm³/mol. The van der Waals surface area contributed by atoms with Crippen LogP contribution in [0.4, 0.5) is 0 Å². The summed E-state index contributed by atoms with van der Waals surface area (Å²) in [6, 6.07) is 0. The highest BCUT2D eigenvalue weighted by Gasteiger charge is 1.80. The van der Waals surface area contributed by atoms with E-state index < -0.39 is 5.97 Å².